The molecule has 18 heavy (non-hydrogen) atoms. The van der Waals surface area contributed by atoms with Gasteiger partial charge in [-0.1, -0.05) is 0 Å². The lowest BCUT2D eigenvalue weighted by Gasteiger charge is -2.38. The predicted octanol–water partition coefficient (Wildman–Crippen LogP) is 1.84. The largest absolute Gasteiger partial charge is 0.381 e. The first-order valence-corrected chi connectivity index (χ1v) is 7.10. The summed E-state index contributed by atoms with van der Waals surface area (Å²) in [7, 11) is 0. The van der Waals surface area contributed by atoms with Crippen LogP contribution in [0, 0.1) is 11.8 Å². The first kappa shape index (κ1) is 14.3. The second kappa shape index (κ2) is 5.08. The highest BCUT2D eigenvalue weighted by Crippen LogP contribution is 2.45. The molecule has 2 aliphatic rings. The van der Waals surface area contributed by atoms with E-state index in [0.29, 0.717) is 11.8 Å². The average molecular weight is 256 g/mol. The Morgan fingerprint density at radius 1 is 1.28 bits per heavy atom. The quantitative estimate of drug-likeness (QED) is 0.597. The Hall–Kier alpha value is -0.160. The van der Waals surface area contributed by atoms with Crippen LogP contribution >= 0.6 is 0 Å². The zero-order valence-corrected chi connectivity index (χ0v) is 12.2. The summed E-state index contributed by atoms with van der Waals surface area (Å²) in [5, 5.41) is 0. The van der Waals surface area contributed by atoms with Gasteiger partial charge < -0.3 is 9.47 Å². The van der Waals surface area contributed by atoms with Gasteiger partial charge in [0.15, 0.2) is 0 Å². The van der Waals surface area contributed by atoms with Gasteiger partial charge in [-0.3, -0.25) is 11.3 Å². The Kier molecular flexibility index (Phi) is 4.02. The van der Waals surface area contributed by atoms with Gasteiger partial charge in [-0.25, -0.2) is 0 Å². The Morgan fingerprint density at radius 3 is 2.44 bits per heavy atom. The van der Waals surface area contributed by atoms with Gasteiger partial charge in [0.1, 0.15) is 0 Å². The summed E-state index contributed by atoms with van der Waals surface area (Å²) in [5.41, 5.74) is 2.86. The third-order valence-electron chi connectivity index (χ3n) is 4.47. The van der Waals surface area contributed by atoms with Gasteiger partial charge in [0.25, 0.3) is 0 Å². The van der Waals surface area contributed by atoms with E-state index in [2.05, 4.69) is 33.1 Å². The molecule has 3 unspecified atom stereocenters. The molecule has 2 fully saturated rings. The molecule has 0 spiro atoms. The minimum atomic E-state index is -0.127. The molecular formula is C14H28N2O2. The fourth-order valence-electron chi connectivity index (χ4n) is 3.79. The SMILES string of the molecule is CC1(C)CC(C(NN)C2CCCOC2)C(C)(C)O1. The second-order valence-corrected chi connectivity index (χ2v) is 6.95. The zero-order chi connectivity index (χ0) is 13.4. The molecule has 0 amide bonds. The van der Waals surface area contributed by atoms with Gasteiger partial charge in [-0.05, 0) is 52.9 Å². The van der Waals surface area contributed by atoms with Crippen LogP contribution in [0.15, 0.2) is 0 Å². The normalized spacial score (nSPS) is 36.5. The van der Waals surface area contributed by atoms with Crippen molar-refractivity contribution >= 4 is 0 Å². The third kappa shape index (κ3) is 2.87. The van der Waals surface area contributed by atoms with Crippen molar-refractivity contribution in [1.82, 2.24) is 5.43 Å². The second-order valence-electron chi connectivity index (χ2n) is 6.95. The molecule has 3 atom stereocenters. The lowest BCUT2D eigenvalue weighted by atomic mass is 9.75. The average Bonchev–Trinajstić information content (AvgIpc) is 2.50. The van der Waals surface area contributed by atoms with Crippen molar-refractivity contribution in [3.05, 3.63) is 0 Å². The van der Waals surface area contributed by atoms with E-state index in [0.717, 1.165) is 26.1 Å². The highest BCUT2D eigenvalue weighted by atomic mass is 16.5. The molecule has 0 aromatic carbocycles. The number of ether oxygens (including phenoxy) is 2. The minimum Gasteiger partial charge on any atom is -0.381 e. The summed E-state index contributed by atoms with van der Waals surface area (Å²) in [6.07, 6.45) is 3.38. The molecule has 0 saturated carbocycles. The van der Waals surface area contributed by atoms with Crippen LogP contribution in [0.4, 0.5) is 0 Å². The first-order chi connectivity index (χ1) is 8.36. The van der Waals surface area contributed by atoms with Crippen molar-refractivity contribution in [2.75, 3.05) is 13.2 Å². The molecule has 0 aromatic rings. The minimum absolute atomic E-state index is 0.0568. The highest BCUT2D eigenvalue weighted by molar-refractivity contribution is 5.01. The van der Waals surface area contributed by atoms with E-state index < -0.39 is 0 Å². The molecule has 2 aliphatic heterocycles. The number of rotatable bonds is 3. The molecule has 0 aliphatic carbocycles. The van der Waals surface area contributed by atoms with E-state index in [-0.39, 0.29) is 17.2 Å². The van der Waals surface area contributed by atoms with E-state index in [9.17, 15) is 0 Å². The molecule has 0 bridgehead atoms. The molecule has 2 heterocycles. The van der Waals surface area contributed by atoms with Crippen molar-refractivity contribution in [1.29, 1.82) is 0 Å². The molecule has 2 saturated heterocycles. The summed E-state index contributed by atoms with van der Waals surface area (Å²) in [4.78, 5) is 0. The van der Waals surface area contributed by atoms with E-state index in [1.807, 2.05) is 0 Å². The van der Waals surface area contributed by atoms with Gasteiger partial charge in [0.05, 0.1) is 17.8 Å². The van der Waals surface area contributed by atoms with E-state index in [4.69, 9.17) is 15.3 Å². The fraction of sp³-hybridized carbons (Fsp3) is 1.00. The third-order valence-corrected chi connectivity index (χ3v) is 4.47. The maximum Gasteiger partial charge on any atom is 0.0678 e. The van der Waals surface area contributed by atoms with Crippen LogP contribution in [-0.4, -0.2) is 30.5 Å². The van der Waals surface area contributed by atoms with Gasteiger partial charge in [0.2, 0.25) is 0 Å². The fourth-order valence-corrected chi connectivity index (χ4v) is 3.79. The van der Waals surface area contributed by atoms with Crippen LogP contribution < -0.4 is 11.3 Å². The molecule has 0 aromatic heterocycles. The summed E-state index contributed by atoms with van der Waals surface area (Å²) in [5.74, 6) is 6.77. The topological polar surface area (TPSA) is 56.5 Å². The molecule has 106 valence electrons. The Labute approximate surface area is 111 Å². The Balaban J connectivity index is 2.11. The van der Waals surface area contributed by atoms with E-state index in [1.165, 1.54) is 6.42 Å². The number of hydrogen-bond donors (Lipinski definition) is 2. The van der Waals surface area contributed by atoms with Crippen molar-refractivity contribution in [2.45, 2.75) is 64.2 Å². The number of hydrazine groups is 1. The smallest absolute Gasteiger partial charge is 0.0678 e. The van der Waals surface area contributed by atoms with Gasteiger partial charge in [0, 0.05) is 18.6 Å². The molecule has 0 radical (unpaired) electrons. The molecule has 4 heteroatoms. The van der Waals surface area contributed by atoms with Gasteiger partial charge in [-0.15, -0.1) is 0 Å². The lowest BCUT2D eigenvalue weighted by Crippen LogP contribution is -2.53. The van der Waals surface area contributed by atoms with Crippen LogP contribution in [0.5, 0.6) is 0 Å². The highest BCUT2D eigenvalue weighted by Gasteiger charge is 2.50. The lowest BCUT2D eigenvalue weighted by molar-refractivity contribution is -0.0828. The van der Waals surface area contributed by atoms with Crippen molar-refractivity contribution < 1.29 is 9.47 Å². The van der Waals surface area contributed by atoms with Crippen molar-refractivity contribution in [3.8, 4) is 0 Å². The standard InChI is InChI=1S/C14H28N2O2/c1-13(2)8-11(14(3,4)18-13)12(16-15)10-6-5-7-17-9-10/h10-12,16H,5-9,15H2,1-4H3. The Bertz CT molecular complexity index is 286. The van der Waals surface area contributed by atoms with Crippen LogP contribution in [0.25, 0.3) is 0 Å². The van der Waals surface area contributed by atoms with Gasteiger partial charge in [-0.2, -0.15) is 0 Å². The van der Waals surface area contributed by atoms with Crippen LogP contribution in [-0.2, 0) is 9.47 Å². The van der Waals surface area contributed by atoms with Crippen LogP contribution in [0.1, 0.15) is 47.0 Å². The van der Waals surface area contributed by atoms with E-state index in [1.54, 1.807) is 0 Å². The first-order valence-electron chi connectivity index (χ1n) is 7.10. The monoisotopic (exact) mass is 256 g/mol. The summed E-state index contributed by atoms with van der Waals surface area (Å²) >= 11 is 0. The molecule has 3 N–H and O–H groups in total. The van der Waals surface area contributed by atoms with Crippen LogP contribution in [0.3, 0.4) is 0 Å². The van der Waals surface area contributed by atoms with Crippen LogP contribution in [0.2, 0.25) is 0 Å². The number of nitrogens with one attached hydrogen (secondary N) is 1. The van der Waals surface area contributed by atoms with E-state index >= 15 is 0 Å². The number of hydrogen-bond acceptors (Lipinski definition) is 4. The number of nitrogens with two attached hydrogens (primary N) is 1. The van der Waals surface area contributed by atoms with Crippen molar-refractivity contribution in [2.24, 2.45) is 17.7 Å². The summed E-state index contributed by atoms with van der Waals surface area (Å²) < 4.78 is 11.8. The van der Waals surface area contributed by atoms with Gasteiger partial charge >= 0.3 is 0 Å². The molecule has 4 nitrogen and oxygen atoms in total. The molecule has 2 rings (SSSR count). The maximum atomic E-state index is 6.19. The maximum absolute atomic E-state index is 6.19. The predicted molar refractivity (Wildman–Crippen MR) is 72.0 cm³/mol. The molecular weight excluding hydrogens is 228 g/mol. The summed E-state index contributed by atoms with van der Waals surface area (Å²) in [6.45, 7) is 10.4. The summed E-state index contributed by atoms with van der Waals surface area (Å²) in [6, 6.07) is 0.280. The van der Waals surface area contributed by atoms with Crippen molar-refractivity contribution in [3.63, 3.8) is 0 Å². The zero-order valence-electron chi connectivity index (χ0n) is 12.2. The Morgan fingerprint density at radius 2 is 2.00 bits per heavy atom.